The molecule has 1 aromatic rings. The van der Waals surface area contributed by atoms with E-state index in [1.165, 1.54) is 0 Å². The molecule has 94 valence electrons. The molecule has 17 heavy (non-hydrogen) atoms. The summed E-state index contributed by atoms with van der Waals surface area (Å²) in [4.78, 5) is 11.7. The first-order valence-corrected chi connectivity index (χ1v) is 5.73. The Bertz CT molecular complexity index is 361. The Hall–Kier alpha value is -1.55. The van der Waals surface area contributed by atoms with E-state index in [0.717, 1.165) is 5.56 Å². The fourth-order valence-electron chi connectivity index (χ4n) is 1.58. The number of para-hydroxylation sites is 1. The third-order valence-corrected chi connectivity index (χ3v) is 2.62. The molecule has 1 aromatic carbocycles. The summed E-state index contributed by atoms with van der Waals surface area (Å²) in [5.41, 5.74) is 0.847. The first-order valence-electron chi connectivity index (χ1n) is 5.73. The maximum atomic E-state index is 11.7. The molecule has 0 bridgehead atoms. The molecule has 4 heteroatoms. The van der Waals surface area contributed by atoms with Crippen LogP contribution in [0.3, 0.4) is 0 Å². The summed E-state index contributed by atoms with van der Waals surface area (Å²) < 4.78 is 5.17. The van der Waals surface area contributed by atoms with Gasteiger partial charge in [-0.15, -0.1) is 0 Å². The molecule has 0 unspecified atom stereocenters. The van der Waals surface area contributed by atoms with Crippen LogP contribution in [0.5, 0.6) is 5.75 Å². The average molecular weight is 237 g/mol. The van der Waals surface area contributed by atoms with Crippen LogP contribution in [0.25, 0.3) is 0 Å². The summed E-state index contributed by atoms with van der Waals surface area (Å²) in [6.07, 6.45) is 0.981. The number of aliphatic hydroxyl groups excluding tert-OH is 1. The van der Waals surface area contributed by atoms with Gasteiger partial charge in [-0.2, -0.15) is 0 Å². The van der Waals surface area contributed by atoms with Crippen LogP contribution in [-0.2, 0) is 11.2 Å². The highest BCUT2D eigenvalue weighted by molar-refractivity contribution is 5.79. The molecule has 0 fully saturated rings. The van der Waals surface area contributed by atoms with Crippen LogP contribution in [0.4, 0.5) is 0 Å². The lowest BCUT2D eigenvalue weighted by molar-refractivity contribution is -0.121. The van der Waals surface area contributed by atoms with E-state index >= 15 is 0 Å². The van der Waals surface area contributed by atoms with Gasteiger partial charge in [-0.05, 0) is 12.5 Å². The van der Waals surface area contributed by atoms with Gasteiger partial charge in [0.25, 0.3) is 0 Å². The standard InChI is InChI=1S/C13H19NO3/c1-3-11(9-15)14-13(16)8-10-6-4-5-7-12(10)17-2/h4-7,11,15H,3,8-9H2,1-2H3,(H,14,16)/t11-/m0/s1. The van der Waals surface area contributed by atoms with Crippen molar-refractivity contribution in [3.63, 3.8) is 0 Å². The van der Waals surface area contributed by atoms with Crippen LogP contribution in [0.2, 0.25) is 0 Å². The lowest BCUT2D eigenvalue weighted by Gasteiger charge is -2.14. The maximum absolute atomic E-state index is 11.7. The fraction of sp³-hybridized carbons (Fsp3) is 0.462. The number of nitrogens with one attached hydrogen (secondary N) is 1. The topological polar surface area (TPSA) is 58.6 Å². The van der Waals surface area contributed by atoms with Crippen LogP contribution in [0.15, 0.2) is 24.3 Å². The van der Waals surface area contributed by atoms with Crippen molar-refractivity contribution in [2.24, 2.45) is 0 Å². The molecule has 0 spiro atoms. The summed E-state index contributed by atoms with van der Waals surface area (Å²) in [7, 11) is 1.58. The van der Waals surface area contributed by atoms with Crippen LogP contribution in [-0.4, -0.2) is 30.8 Å². The SMILES string of the molecule is CC[C@@H](CO)NC(=O)Cc1ccccc1OC. The minimum Gasteiger partial charge on any atom is -0.496 e. The quantitative estimate of drug-likeness (QED) is 0.779. The van der Waals surface area contributed by atoms with Gasteiger partial charge >= 0.3 is 0 Å². The molecule has 2 N–H and O–H groups in total. The molecule has 1 rings (SSSR count). The summed E-state index contributed by atoms with van der Waals surface area (Å²) >= 11 is 0. The molecule has 0 aliphatic heterocycles. The van der Waals surface area contributed by atoms with Crippen molar-refractivity contribution >= 4 is 5.91 Å². The molecule has 0 aliphatic rings. The summed E-state index contributed by atoms with van der Waals surface area (Å²) in [6, 6.07) is 7.25. The van der Waals surface area contributed by atoms with Gasteiger partial charge in [0.05, 0.1) is 26.2 Å². The zero-order valence-electron chi connectivity index (χ0n) is 10.3. The predicted octanol–water partition coefficient (Wildman–Crippen LogP) is 1.12. The highest BCUT2D eigenvalue weighted by Gasteiger charge is 2.11. The van der Waals surface area contributed by atoms with Crippen molar-refractivity contribution in [3.8, 4) is 5.75 Å². The number of methoxy groups -OCH3 is 1. The van der Waals surface area contributed by atoms with E-state index in [2.05, 4.69) is 5.32 Å². The lowest BCUT2D eigenvalue weighted by Crippen LogP contribution is -2.37. The second-order valence-electron chi connectivity index (χ2n) is 3.84. The van der Waals surface area contributed by atoms with Crippen LogP contribution >= 0.6 is 0 Å². The van der Waals surface area contributed by atoms with Gasteiger partial charge in [0, 0.05) is 5.56 Å². The molecule has 4 nitrogen and oxygen atoms in total. The molecule has 0 aliphatic carbocycles. The van der Waals surface area contributed by atoms with E-state index < -0.39 is 0 Å². The highest BCUT2D eigenvalue weighted by atomic mass is 16.5. The zero-order chi connectivity index (χ0) is 12.7. The van der Waals surface area contributed by atoms with Crippen LogP contribution in [0, 0.1) is 0 Å². The molecule has 0 radical (unpaired) electrons. The van der Waals surface area contributed by atoms with E-state index in [1.54, 1.807) is 7.11 Å². The van der Waals surface area contributed by atoms with Gasteiger partial charge in [0.1, 0.15) is 5.75 Å². The van der Waals surface area contributed by atoms with E-state index in [0.29, 0.717) is 12.2 Å². The molecule has 0 saturated heterocycles. The molecular weight excluding hydrogens is 218 g/mol. The third kappa shape index (κ3) is 4.07. The number of benzene rings is 1. The van der Waals surface area contributed by atoms with E-state index in [9.17, 15) is 4.79 Å². The highest BCUT2D eigenvalue weighted by Crippen LogP contribution is 2.17. The lowest BCUT2D eigenvalue weighted by atomic mass is 10.1. The second kappa shape index (κ2) is 6.91. The number of ether oxygens (including phenoxy) is 1. The van der Waals surface area contributed by atoms with Crippen molar-refractivity contribution in [3.05, 3.63) is 29.8 Å². The minimum atomic E-state index is -0.169. The van der Waals surface area contributed by atoms with Gasteiger partial charge in [-0.1, -0.05) is 25.1 Å². The Morgan fingerprint density at radius 3 is 2.76 bits per heavy atom. The molecule has 0 saturated carbocycles. The number of amides is 1. The summed E-state index contributed by atoms with van der Waals surface area (Å²) in [5, 5.41) is 11.8. The first-order chi connectivity index (χ1) is 8.21. The van der Waals surface area contributed by atoms with Crippen molar-refractivity contribution in [2.75, 3.05) is 13.7 Å². The third-order valence-electron chi connectivity index (χ3n) is 2.62. The van der Waals surface area contributed by atoms with E-state index in [-0.39, 0.29) is 25.0 Å². The van der Waals surface area contributed by atoms with Gasteiger partial charge in [-0.25, -0.2) is 0 Å². The van der Waals surface area contributed by atoms with Crippen molar-refractivity contribution in [1.82, 2.24) is 5.32 Å². The Morgan fingerprint density at radius 2 is 2.18 bits per heavy atom. The second-order valence-corrected chi connectivity index (χ2v) is 3.84. The molecule has 1 atom stereocenters. The number of hydrogen-bond acceptors (Lipinski definition) is 3. The molecule has 0 aromatic heterocycles. The first kappa shape index (κ1) is 13.5. The molecule has 1 amide bonds. The van der Waals surface area contributed by atoms with Gasteiger partial charge in [-0.3, -0.25) is 4.79 Å². The Kier molecular flexibility index (Phi) is 5.49. The largest absolute Gasteiger partial charge is 0.496 e. The molecule has 0 heterocycles. The predicted molar refractivity (Wildman–Crippen MR) is 66.0 cm³/mol. The van der Waals surface area contributed by atoms with Crippen LogP contribution in [0.1, 0.15) is 18.9 Å². The normalized spacial score (nSPS) is 11.9. The number of carbonyl (C=O) groups is 1. The number of carbonyl (C=O) groups excluding carboxylic acids is 1. The Morgan fingerprint density at radius 1 is 1.47 bits per heavy atom. The number of hydrogen-bond donors (Lipinski definition) is 2. The van der Waals surface area contributed by atoms with E-state index in [1.807, 2.05) is 31.2 Å². The minimum absolute atomic E-state index is 0.0336. The zero-order valence-corrected chi connectivity index (χ0v) is 10.3. The van der Waals surface area contributed by atoms with Crippen molar-refractivity contribution in [2.45, 2.75) is 25.8 Å². The molecular formula is C13H19NO3. The van der Waals surface area contributed by atoms with Gasteiger partial charge in [0.2, 0.25) is 5.91 Å². The smallest absolute Gasteiger partial charge is 0.224 e. The average Bonchev–Trinajstić information content (AvgIpc) is 2.36. The fourth-order valence-corrected chi connectivity index (χ4v) is 1.58. The maximum Gasteiger partial charge on any atom is 0.224 e. The monoisotopic (exact) mass is 237 g/mol. The Balaban J connectivity index is 2.61. The number of rotatable bonds is 6. The van der Waals surface area contributed by atoms with E-state index in [4.69, 9.17) is 9.84 Å². The number of aliphatic hydroxyl groups is 1. The van der Waals surface area contributed by atoms with Crippen LogP contribution < -0.4 is 10.1 Å². The summed E-state index contributed by atoms with van der Waals surface area (Å²) in [6.45, 7) is 1.89. The van der Waals surface area contributed by atoms with Crippen molar-refractivity contribution < 1.29 is 14.6 Å². The van der Waals surface area contributed by atoms with Gasteiger partial charge < -0.3 is 15.2 Å². The summed E-state index contributed by atoms with van der Waals surface area (Å²) in [5.74, 6) is 0.607. The van der Waals surface area contributed by atoms with Gasteiger partial charge in [0.15, 0.2) is 0 Å². The Labute approximate surface area is 102 Å². The van der Waals surface area contributed by atoms with Crippen molar-refractivity contribution in [1.29, 1.82) is 0 Å².